The molecule has 0 bridgehead atoms. The van der Waals surface area contributed by atoms with Crippen LogP contribution in [-0.2, 0) is 6.54 Å². The maximum atomic E-state index is 6.13. The van der Waals surface area contributed by atoms with Crippen molar-refractivity contribution in [3.05, 3.63) is 51.4 Å². The maximum Gasteiger partial charge on any atom is 0.0795 e. The largest absolute Gasteiger partial charge is 0.304 e. The van der Waals surface area contributed by atoms with Crippen molar-refractivity contribution in [3.63, 3.8) is 0 Å². The molecule has 0 unspecified atom stereocenters. The van der Waals surface area contributed by atoms with E-state index in [-0.39, 0.29) is 6.04 Å². The Kier molecular flexibility index (Phi) is 3.93. The number of hydrogen-bond acceptors (Lipinski definition) is 3. The molecule has 0 aliphatic rings. The average molecular weight is 253 g/mol. The van der Waals surface area contributed by atoms with Crippen LogP contribution in [0.25, 0.3) is 0 Å². The van der Waals surface area contributed by atoms with Crippen LogP contribution in [-0.4, -0.2) is 4.98 Å². The van der Waals surface area contributed by atoms with Gasteiger partial charge in [0.1, 0.15) is 0 Å². The number of hydrogen-bond donors (Lipinski definition) is 1. The Morgan fingerprint density at radius 2 is 2.25 bits per heavy atom. The summed E-state index contributed by atoms with van der Waals surface area (Å²) in [5.74, 6) is 0. The summed E-state index contributed by atoms with van der Waals surface area (Å²) >= 11 is 7.74. The van der Waals surface area contributed by atoms with Gasteiger partial charge in [-0.2, -0.15) is 0 Å². The first-order valence-corrected chi connectivity index (χ1v) is 6.44. The van der Waals surface area contributed by atoms with Crippen LogP contribution in [0.3, 0.4) is 0 Å². The molecule has 0 saturated carbocycles. The first-order valence-electron chi connectivity index (χ1n) is 5.12. The van der Waals surface area contributed by atoms with Crippen molar-refractivity contribution < 1.29 is 0 Å². The zero-order valence-corrected chi connectivity index (χ0v) is 10.6. The topological polar surface area (TPSA) is 24.9 Å². The molecule has 1 atom stereocenters. The quantitative estimate of drug-likeness (QED) is 0.899. The number of aromatic nitrogens is 1. The maximum absolute atomic E-state index is 6.13. The third-order valence-corrected chi connectivity index (χ3v) is 3.42. The summed E-state index contributed by atoms with van der Waals surface area (Å²) < 4.78 is 0. The van der Waals surface area contributed by atoms with Gasteiger partial charge in [0, 0.05) is 23.0 Å². The van der Waals surface area contributed by atoms with Gasteiger partial charge in [-0.3, -0.25) is 0 Å². The Hall–Kier alpha value is -0.900. The highest BCUT2D eigenvalue weighted by Gasteiger charge is 2.08. The van der Waals surface area contributed by atoms with Gasteiger partial charge in [-0.05, 0) is 18.6 Å². The number of benzene rings is 1. The molecule has 0 spiro atoms. The molecule has 2 nitrogen and oxygen atoms in total. The third kappa shape index (κ3) is 2.82. The lowest BCUT2D eigenvalue weighted by atomic mass is 10.1. The summed E-state index contributed by atoms with van der Waals surface area (Å²) in [6.45, 7) is 2.88. The standard InChI is InChI=1S/C12H13ClN2S/c1-9(11-4-2-3-5-12(11)13)14-6-10-7-16-8-15-10/h2-5,7-9,14H,6H2,1H3/t9-/m1/s1. The van der Waals surface area contributed by atoms with Crippen LogP contribution < -0.4 is 5.32 Å². The second-order valence-electron chi connectivity index (χ2n) is 3.60. The van der Waals surface area contributed by atoms with E-state index < -0.39 is 0 Å². The van der Waals surface area contributed by atoms with Gasteiger partial charge in [0.05, 0.1) is 11.2 Å². The van der Waals surface area contributed by atoms with Gasteiger partial charge >= 0.3 is 0 Å². The van der Waals surface area contributed by atoms with Crippen LogP contribution in [0.15, 0.2) is 35.2 Å². The Morgan fingerprint density at radius 3 is 2.94 bits per heavy atom. The molecule has 1 aromatic heterocycles. The molecule has 0 fully saturated rings. The highest BCUT2D eigenvalue weighted by Crippen LogP contribution is 2.22. The van der Waals surface area contributed by atoms with Crippen LogP contribution in [0, 0.1) is 0 Å². The van der Waals surface area contributed by atoms with Gasteiger partial charge in [0.15, 0.2) is 0 Å². The lowest BCUT2D eigenvalue weighted by Gasteiger charge is -2.14. The SMILES string of the molecule is C[C@@H](NCc1cscn1)c1ccccc1Cl. The molecule has 16 heavy (non-hydrogen) atoms. The Morgan fingerprint density at radius 1 is 1.44 bits per heavy atom. The van der Waals surface area contributed by atoms with Crippen molar-refractivity contribution in [3.8, 4) is 0 Å². The molecule has 2 rings (SSSR count). The molecule has 0 saturated heterocycles. The predicted octanol–water partition coefficient (Wildman–Crippen LogP) is 3.65. The summed E-state index contributed by atoms with van der Waals surface area (Å²) in [5, 5.41) is 6.26. The second-order valence-corrected chi connectivity index (χ2v) is 4.73. The molecule has 0 amide bonds. The molecule has 0 aliphatic carbocycles. The van der Waals surface area contributed by atoms with E-state index in [4.69, 9.17) is 11.6 Å². The molecule has 0 radical (unpaired) electrons. The van der Waals surface area contributed by atoms with E-state index in [2.05, 4.69) is 17.2 Å². The average Bonchev–Trinajstić information content (AvgIpc) is 2.79. The fourth-order valence-electron chi connectivity index (χ4n) is 1.52. The minimum Gasteiger partial charge on any atom is -0.304 e. The van der Waals surface area contributed by atoms with Gasteiger partial charge in [0.25, 0.3) is 0 Å². The van der Waals surface area contributed by atoms with E-state index in [1.165, 1.54) is 0 Å². The van der Waals surface area contributed by atoms with E-state index >= 15 is 0 Å². The van der Waals surface area contributed by atoms with Crippen LogP contribution >= 0.6 is 22.9 Å². The van der Waals surface area contributed by atoms with Gasteiger partial charge in [0.2, 0.25) is 0 Å². The highest BCUT2D eigenvalue weighted by atomic mass is 35.5. The molecule has 84 valence electrons. The molecule has 4 heteroatoms. The second kappa shape index (κ2) is 5.43. The Bertz CT molecular complexity index is 442. The molecule has 2 aromatic rings. The molecule has 0 aliphatic heterocycles. The van der Waals surface area contributed by atoms with Crippen LogP contribution in [0.2, 0.25) is 5.02 Å². The zero-order chi connectivity index (χ0) is 11.4. The van der Waals surface area contributed by atoms with Crippen molar-refractivity contribution in [2.45, 2.75) is 19.5 Å². The zero-order valence-electron chi connectivity index (χ0n) is 8.98. The molecular weight excluding hydrogens is 240 g/mol. The number of nitrogens with zero attached hydrogens (tertiary/aromatic N) is 1. The van der Waals surface area contributed by atoms with Crippen molar-refractivity contribution >= 4 is 22.9 Å². The number of halogens is 1. The van der Waals surface area contributed by atoms with Gasteiger partial charge in [-0.15, -0.1) is 11.3 Å². The normalized spacial score (nSPS) is 12.6. The number of thiazole rings is 1. The van der Waals surface area contributed by atoms with E-state index in [0.717, 1.165) is 22.8 Å². The fourth-order valence-corrected chi connectivity index (χ4v) is 2.38. The van der Waals surface area contributed by atoms with Crippen molar-refractivity contribution in [1.29, 1.82) is 0 Å². The summed E-state index contributed by atoms with van der Waals surface area (Å²) in [4.78, 5) is 4.23. The number of rotatable bonds is 4. The lowest BCUT2D eigenvalue weighted by Crippen LogP contribution is -2.18. The first-order chi connectivity index (χ1) is 7.77. The lowest BCUT2D eigenvalue weighted by molar-refractivity contribution is 0.569. The van der Waals surface area contributed by atoms with E-state index in [9.17, 15) is 0 Å². The van der Waals surface area contributed by atoms with Crippen molar-refractivity contribution in [1.82, 2.24) is 10.3 Å². The summed E-state index contributed by atoms with van der Waals surface area (Å²) in [5.41, 5.74) is 4.04. The summed E-state index contributed by atoms with van der Waals surface area (Å²) in [6.07, 6.45) is 0. The molecular formula is C12H13ClN2S. The van der Waals surface area contributed by atoms with Gasteiger partial charge in [-0.25, -0.2) is 4.98 Å². The highest BCUT2D eigenvalue weighted by molar-refractivity contribution is 7.07. The smallest absolute Gasteiger partial charge is 0.0795 e. The summed E-state index contributed by atoms with van der Waals surface area (Å²) in [6, 6.07) is 8.13. The first kappa shape index (κ1) is 11.6. The Balaban J connectivity index is 1.98. The van der Waals surface area contributed by atoms with Crippen molar-refractivity contribution in [2.24, 2.45) is 0 Å². The van der Waals surface area contributed by atoms with Gasteiger partial charge in [-0.1, -0.05) is 29.8 Å². The van der Waals surface area contributed by atoms with Crippen LogP contribution in [0.5, 0.6) is 0 Å². The Labute approximate surface area is 104 Å². The van der Waals surface area contributed by atoms with E-state index in [1.54, 1.807) is 11.3 Å². The van der Waals surface area contributed by atoms with Crippen molar-refractivity contribution in [2.75, 3.05) is 0 Å². The number of nitrogens with one attached hydrogen (secondary N) is 1. The van der Waals surface area contributed by atoms with Crippen LogP contribution in [0.4, 0.5) is 0 Å². The molecule has 1 heterocycles. The van der Waals surface area contributed by atoms with Crippen LogP contribution in [0.1, 0.15) is 24.2 Å². The fraction of sp³-hybridized carbons (Fsp3) is 0.250. The predicted molar refractivity (Wildman–Crippen MR) is 68.8 cm³/mol. The molecule has 1 N–H and O–H groups in total. The van der Waals surface area contributed by atoms with E-state index in [1.807, 2.05) is 35.2 Å². The van der Waals surface area contributed by atoms with E-state index in [0.29, 0.717) is 0 Å². The monoisotopic (exact) mass is 252 g/mol. The summed E-state index contributed by atoms with van der Waals surface area (Å²) in [7, 11) is 0. The minimum absolute atomic E-state index is 0.232. The third-order valence-electron chi connectivity index (χ3n) is 2.44. The van der Waals surface area contributed by atoms with Gasteiger partial charge < -0.3 is 5.32 Å². The minimum atomic E-state index is 0.232. The molecule has 1 aromatic carbocycles.